The van der Waals surface area contributed by atoms with Gasteiger partial charge in [-0.25, -0.2) is 4.39 Å². The molecule has 1 heterocycles. The van der Waals surface area contributed by atoms with Crippen molar-refractivity contribution in [2.45, 2.75) is 59.2 Å². The van der Waals surface area contributed by atoms with Gasteiger partial charge in [-0.3, -0.25) is 9.69 Å². The predicted octanol–water partition coefficient (Wildman–Crippen LogP) is 3.01. The van der Waals surface area contributed by atoms with Crippen LogP contribution in [0.25, 0.3) is 0 Å². The maximum Gasteiger partial charge on any atom is 0.237 e. The van der Waals surface area contributed by atoms with E-state index in [1.165, 1.54) is 12.1 Å². The van der Waals surface area contributed by atoms with Crippen LogP contribution in [0, 0.1) is 11.2 Å². The zero-order chi connectivity index (χ0) is 18.8. The van der Waals surface area contributed by atoms with Crippen LogP contribution < -0.4 is 5.73 Å². The van der Waals surface area contributed by atoms with Crippen LogP contribution in [0.1, 0.15) is 46.6 Å². The van der Waals surface area contributed by atoms with E-state index in [9.17, 15) is 9.18 Å². The number of piperidine rings is 1. The maximum atomic E-state index is 13.5. The van der Waals surface area contributed by atoms with Crippen molar-refractivity contribution in [1.82, 2.24) is 9.80 Å². The topological polar surface area (TPSA) is 49.6 Å². The summed E-state index contributed by atoms with van der Waals surface area (Å²) in [6, 6.07) is 6.63. The fourth-order valence-corrected chi connectivity index (χ4v) is 3.41. The Hall–Kier alpha value is -1.46. The van der Waals surface area contributed by atoms with Crippen molar-refractivity contribution < 1.29 is 9.18 Å². The maximum absolute atomic E-state index is 13.5. The van der Waals surface area contributed by atoms with Gasteiger partial charge in [0, 0.05) is 31.2 Å². The van der Waals surface area contributed by atoms with Crippen molar-refractivity contribution in [2.24, 2.45) is 11.1 Å². The first-order valence-electron chi connectivity index (χ1n) is 9.02. The Kier molecular flexibility index (Phi) is 5.89. The number of carbonyl (C=O) groups excluding carboxylic acids is 1. The van der Waals surface area contributed by atoms with E-state index in [0.717, 1.165) is 25.1 Å². The average molecular weight is 349 g/mol. The zero-order valence-corrected chi connectivity index (χ0v) is 16.2. The highest BCUT2D eigenvalue weighted by Gasteiger charge is 2.35. The average Bonchev–Trinajstić information content (AvgIpc) is 2.47. The number of rotatable bonds is 4. The standard InChI is InChI=1S/C20H32FN3O/c1-19(2,3)24(12-15-7-6-8-16(21)11-15)18(25)13-23-10-9-17(22)20(4,5)14-23/h6-8,11,17H,9-10,12-14,22H2,1-5H3. The van der Waals surface area contributed by atoms with E-state index >= 15 is 0 Å². The summed E-state index contributed by atoms with van der Waals surface area (Å²) in [5.41, 5.74) is 6.68. The van der Waals surface area contributed by atoms with Gasteiger partial charge in [0.2, 0.25) is 5.91 Å². The predicted molar refractivity (Wildman–Crippen MR) is 99.5 cm³/mol. The summed E-state index contributed by atoms with van der Waals surface area (Å²) in [7, 11) is 0. The third-order valence-electron chi connectivity index (χ3n) is 5.09. The number of hydrogen-bond donors (Lipinski definition) is 1. The summed E-state index contributed by atoms with van der Waals surface area (Å²) in [5, 5.41) is 0. The van der Waals surface area contributed by atoms with E-state index in [4.69, 9.17) is 5.73 Å². The molecule has 1 aliphatic rings. The molecule has 0 aromatic heterocycles. The minimum absolute atomic E-state index is 0.00759. The van der Waals surface area contributed by atoms with E-state index in [1.807, 2.05) is 31.7 Å². The van der Waals surface area contributed by atoms with Gasteiger partial charge in [-0.15, -0.1) is 0 Å². The highest BCUT2D eigenvalue weighted by Crippen LogP contribution is 2.28. The second-order valence-corrected chi connectivity index (χ2v) is 8.88. The lowest BCUT2D eigenvalue weighted by atomic mass is 9.80. The molecule has 1 amide bonds. The summed E-state index contributed by atoms with van der Waals surface area (Å²) in [4.78, 5) is 17.0. The first kappa shape index (κ1) is 19.9. The van der Waals surface area contributed by atoms with E-state index in [1.54, 1.807) is 6.07 Å². The van der Waals surface area contributed by atoms with Gasteiger partial charge in [0.05, 0.1) is 6.54 Å². The largest absolute Gasteiger partial charge is 0.332 e. The Morgan fingerprint density at radius 1 is 1.40 bits per heavy atom. The highest BCUT2D eigenvalue weighted by molar-refractivity contribution is 5.79. The first-order valence-corrected chi connectivity index (χ1v) is 9.02. The van der Waals surface area contributed by atoms with Gasteiger partial charge >= 0.3 is 0 Å². The summed E-state index contributed by atoms with van der Waals surface area (Å²) < 4.78 is 13.5. The fraction of sp³-hybridized carbons (Fsp3) is 0.650. The lowest BCUT2D eigenvalue weighted by Crippen LogP contribution is -2.56. The van der Waals surface area contributed by atoms with Gasteiger partial charge in [-0.2, -0.15) is 0 Å². The molecule has 1 fully saturated rings. The van der Waals surface area contributed by atoms with Crippen LogP contribution in [-0.2, 0) is 11.3 Å². The molecule has 1 atom stereocenters. The van der Waals surface area contributed by atoms with E-state index in [2.05, 4.69) is 18.7 Å². The van der Waals surface area contributed by atoms with Gasteiger partial charge in [-0.05, 0) is 50.3 Å². The molecule has 0 aliphatic carbocycles. The quantitative estimate of drug-likeness (QED) is 0.909. The van der Waals surface area contributed by atoms with Crippen LogP contribution in [0.4, 0.5) is 4.39 Å². The molecule has 140 valence electrons. The number of halogens is 1. The lowest BCUT2D eigenvalue weighted by molar-refractivity contribution is -0.138. The molecule has 25 heavy (non-hydrogen) atoms. The van der Waals surface area contributed by atoms with Crippen LogP contribution in [0.2, 0.25) is 0 Å². The number of nitrogens with two attached hydrogens (primary N) is 1. The molecule has 1 aromatic rings. The molecule has 1 unspecified atom stereocenters. The molecule has 1 aromatic carbocycles. The summed E-state index contributed by atoms with van der Waals surface area (Å²) in [6.45, 7) is 12.8. The van der Waals surface area contributed by atoms with Crippen molar-refractivity contribution >= 4 is 5.91 Å². The summed E-state index contributed by atoms with van der Waals surface area (Å²) >= 11 is 0. The van der Waals surface area contributed by atoms with Gasteiger partial charge in [-0.1, -0.05) is 26.0 Å². The van der Waals surface area contributed by atoms with Crippen molar-refractivity contribution in [3.63, 3.8) is 0 Å². The Morgan fingerprint density at radius 2 is 2.08 bits per heavy atom. The molecule has 2 rings (SSSR count). The minimum Gasteiger partial charge on any atom is -0.332 e. The van der Waals surface area contributed by atoms with Gasteiger partial charge < -0.3 is 10.6 Å². The van der Waals surface area contributed by atoms with Crippen molar-refractivity contribution in [1.29, 1.82) is 0 Å². The molecule has 5 heteroatoms. The number of carbonyl (C=O) groups is 1. The first-order chi connectivity index (χ1) is 11.5. The third kappa shape index (κ3) is 5.25. The lowest BCUT2D eigenvalue weighted by Gasteiger charge is -2.44. The van der Waals surface area contributed by atoms with Crippen molar-refractivity contribution in [3.8, 4) is 0 Å². The van der Waals surface area contributed by atoms with Gasteiger partial charge in [0.1, 0.15) is 5.82 Å². The molecule has 0 bridgehead atoms. The SMILES string of the molecule is CC1(C)CN(CC(=O)N(Cc2cccc(F)c2)C(C)(C)C)CCC1N. The zero-order valence-electron chi connectivity index (χ0n) is 16.2. The second kappa shape index (κ2) is 7.42. The normalized spacial score (nSPS) is 21.2. The molecule has 0 saturated carbocycles. The number of nitrogens with zero attached hydrogens (tertiary/aromatic N) is 2. The number of benzene rings is 1. The van der Waals surface area contributed by atoms with Gasteiger partial charge in [0.15, 0.2) is 0 Å². The van der Waals surface area contributed by atoms with Crippen molar-refractivity contribution in [2.75, 3.05) is 19.6 Å². The molecule has 1 saturated heterocycles. The van der Waals surface area contributed by atoms with E-state index < -0.39 is 0 Å². The minimum atomic E-state index is -0.328. The molecule has 1 aliphatic heterocycles. The van der Waals surface area contributed by atoms with E-state index in [0.29, 0.717) is 13.1 Å². The molecular formula is C20H32FN3O. The molecule has 4 nitrogen and oxygen atoms in total. The van der Waals surface area contributed by atoms with Crippen LogP contribution in [-0.4, -0.2) is 46.9 Å². The van der Waals surface area contributed by atoms with Crippen LogP contribution >= 0.6 is 0 Å². The molecule has 2 N–H and O–H groups in total. The molecule has 0 radical (unpaired) electrons. The van der Waals surface area contributed by atoms with Crippen LogP contribution in [0.5, 0.6) is 0 Å². The Bertz CT molecular complexity index is 609. The Morgan fingerprint density at radius 3 is 2.64 bits per heavy atom. The molecule has 0 spiro atoms. The van der Waals surface area contributed by atoms with Gasteiger partial charge in [0.25, 0.3) is 0 Å². The number of hydrogen-bond acceptors (Lipinski definition) is 3. The fourth-order valence-electron chi connectivity index (χ4n) is 3.41. The second-order valence-electron chi connectivity index (χ2n) is 8.88. The monoisotopic (exact) mass is 349 g/mol. The van der Waals surface area contributed by atoms with Crippen LogP contribution in [0.3, 0.4) is 0 Å². The number of amides is 1. The Labute approximate surface area is 151 Å². The smallest absolute Gasteiger partial charge is 0.237 e. The third-order valence-corrected chi connectivity index (χ3v) is 5.09. The Balaban J connectivity index is 2.09. The van der Waals surface area contributed by atoms with Crippen LogP contribution in [0.15, 0.2) is 24.3 Å². The van der Waals surface area contributed by atoms with Crippen molar-refractivity contribution in [3.05, 3.63) is 35.6 Å². The highest BCUT2D eigenvalue weighted by atomic mass is 19.1. The molecular weight excluding hydrogens is 317 g/mol. The summed E-state index contributed by atoms with van der Waals surface area (Å²) in [5.74, 6) is -0.200. The number of likely N-dealkylation sites (tertiary alicyclic amines) is 1. The summed E-state index contributed by atoms with van der Waals surface area (Å²) in [6.07, 6.45) is 0.902. The van der Waals surface area contributed by atoms with E-state index in [-0.39, 0.29) is 28.7 Å².